The van der Waals surface area contributed by atoms with Crippen molar-refractivity contribution < 1.29 is 9.53 Å². The minimum atomic E-state index is -0.744. The first-order chi connectivity index (χ1) is 10.1. The van der Waals surface area contributed by atoms with Crippen LogP contribution in [0.3, 0.4) is 0 Å². The van der Waals surface area contributed by atoms with Gasteiger partial charge in [-0.1, -0.05) is 48.0 Å². The number of thioether (sulfide) groups is 1. The van der Waals surface area contributed by atoms with Crippen molar-refractivity contribution in [2.24, 2.45) is 0 Å². The Morgan fingerprint density at radius 2 is 1.71 bits per heavy atom. The normalized spacial score (nSPS) is 13.5. The molecule has 0 aliphatic rings. The predicted molar refractivity (Wildman–Crippen MR) is 87.5 cm³/mol. The summed E-state index contributed by atoms with van der Waals surface area (Å²) < 4.78 is 4.55. The third-order valence-corrected chi connectivity index (χ3v) is 4.65. The van der Waals surface area contributed by atoms with Crippen LogP contribution in [0.2, 0.25) is 0 Å². The van der Waals surface area contributed by atoms with E-state index >= 15 is 0 Å². The number of aryl methyl sites for hydroxylation is 1. The van der Waals surface area contributed by atoms with Crippen LogP contribution < -0.4 is 0 Å². The van der Waals surface area contributed by atoms with E-state index < -0.39 is 4.75 Å². The SMILES string of the molecule is CCOC(=O)[C@](C)(Sc1ccc(C)cc1)c1ccccc1. The standard InChI is InChI=1S/C18H20O2S/c1-4-20-17(19)18(3,15-8-6-5-7-9-15)21-16-12-10-14(2)11-13-16/h5-13H,4H2,1-3H3/t18-/m1/s1. The highest BCUT2D eigenvalue weighted by Crippen LogP contribution is 2.42. The van der Waals surface area contributed by atoms with Crippen molar-refractivity contribution in [2.75, 3.05) is 6.61 Å². The summed E-state index contributed by atoms with van der Waals surface area (Å²) in [5.41, 5.74) is 2.16. The molecule has 1 atom stereocenters. The van der Waals surface area contributed by atoms with Crippen molar-refractivity contribution in [3.63, 3.8) is 0 Å². The van der Waals surface area contributed by atoms with Crippen LogP contribution in [-0.4, -0.2) is 12.6 Å². The van der Waals surface area contributed by atoms with Crippen LogP contribution in [0.15, 0.2) is 59.5 Å². The maximum Gasteiger partial charge on any atom is 0.326 e. The Morgan fingerprint density at radius 1 is 1.10 bits per heavy atom. The molecule has 0 radical (unpaired) electrons. The number of hydrogen-bond donors (Lipinski definition) is 0. The smallest absolute Gasteiger partial charge is 0.326 e. The molecule has 0 aromatic heterocycles. The number of esters is 1. The summed E-state index contributed by atoms with van der Waals surface area (Å²) in [4.78, 5) is 13.5. The maximum atomic E-state index is 12.5. The number of carbonyl (C=O) groups is 1. The van der Waals surface area contributed by atoms with Gasteiger partial charge in [-0.15, -0.1) is 11.8 Å². The Labute approximate surface area is 130 Å². The van der Waals surface area contributed by atoms with Gasteiger partial charge in [0.25, 0.3) is 0 Å². The lowest BCUT2D eigenvalue weighted by molar-refractivity contribution is -0.145. The Balaban J connectivity index is 2.36. The van der Waals surface area contributed by atoms with Gasteiger partial charge < -0.3 is 4.74 Å². The lowest BCUT2D eigenvalue weighted by atomic mass is 10.0. The van der Waals surface area contributed by atoms with Gasteiger partial charge in [0, 0.05) is 4.90 Å². The molecule has 0 heterocycles. The van der Waals surface area contributed by atoms with E-state index in [-0.39, 0.29) is 5.97 Å². The van der Waals surface area contributed by atoms with Crippen molar-refractivity contribution in [1.82, 2.24) is 0 Å². The van der Waals surface area contributed by atoms with Gasteiger partial charge in [-0.25, -0.2) is 0 Å². The van der Waals surface area contributed by atoms with Gasteiger partial charge in [0.15, 0.2) is 0 Å². The first kappa shape index (κ1) is 15.6. The summed E-state index contributed by atoms with van der Waals surface area (Å²) in [5.74, 6) is -0.207. The van der Waals surface area contributed by atoms with Crippen molar-refractivity contribution in [3.05, 3.63) is 65.7 Å². The van der Waals surface area contributed by atoms with E-state index in [1.54, 1.807) is 0 Å². The molecule has 0 saturated carbocycles. The largest absolute Gasteiger partial charge is 0.465 e. The third-order valence-electron chi connectivity index (χ3n) is 3.33. The van der Waals surface area contributed by atoms with Crippen LogP contribution in [0.4, 0.5) is 0 Å². The second-order valence-corrected chi connectivity index (χ2v) is 6.53. The van der Waals surface area contributed by atoms with Crippen molar-refractivity contribution in [1.29, 1.82) is 0 Å². The van der Waals surface area contributed by atoms with Gasteiger partial charge in [-0.2, -0.15) is 0 Å². The fraction of sp³-hybridized carbons (Fsp3) is 0.278. The molecule has 3 heteroatoms. The summed E-state index contributed by atoms with van der Waals surface area (Å²) in [7, 11) is 0. The molecule has 0 unspecified atom stereocenters. The molecule has 0 amide bonds. The first-order valence-electron chi connectivity index (χ1n) is 7.04. The molecule has 0 spiro atoms. The maximum absolute atomic E-state index is 12.5. The van der Waals surface area contributed by atoms with Gasteiger partial charge in [-0.05, 0) is 38.5 Å². The molecular weight excluding hydrogens is 280 g/mol. The molecule has 2 aromatic rings. The van der Waals surface area contributed by atoms with E-state index in [0.29, 0.717) is 6.61 Å². The predicted octanol–water partition coefficient (Wildman–Crippen LogP) is 4.57. The second kappa shape index (κ2) is 6.81. The van der Waals surface area contributed by atoms with E-state index in [9.17, 15) is 4.79 Å². The minimum absolute atomic E-state index is 0.207. The zero-order valence-corrected chi connectivity index (χ0v) is 13.4. The molecule has 0 fully saturated rings. The van der Waals surface area contributed by atoms with Gasteiger partial charge >= 0.3 is 5.97 Å². The van der Waals surface area contributed by atoms with Crippen molar-refractivity contribution in [2.45, 2.75) is 30.4 Å². The van der Waals surface area contributed by atoms with Gasteiger partial charge in [0.05, 0.1) is 6.61 Å². The van der Waals surface area contributed by atoms with Gasteiger partial charge in [0.1, 0.15) is 4.75 Å². The Bertz CT molecular complexity index is 592. The van der Waals surface area contributed by atoms with Crippen LogP contribution in [-0.2, 0) is 14.3 Å². The average molecular weight is 300 g/mol. The fourth-order valence-electron chi connectivity index (χ4n) is 2.09. The summed E-state index contributed by atoms with van der Waals surface area (Å²) in [6.45, 7) is 6.19. The Morgan fingerprint density at radius 3 is 2.29 bits per heavy atom. The Hall–Kier alpha value is -1.74. The van der Waals surface area contributed by atoms with Crippen molar-refractivity contribution in [3.8, 4) is 0 Å². The highest BCUT2D eigenvalue weighted by Gasteiger charge is 2.38. The van der Waals surface area contributed by atoms with E-state index in [4.69, 9.17) is 4.74 Å². The molecule has 0 bridgehead atoms. The highest BCUT2D eigenvalue weighted by molar-refractivity contribution is 8.01. The molecule has 110 valence electrons. The van der Waals surface area contributed by atoms with E-state index in [0.717, 1.165) is 10.5 Å². The van der Waals surface area contributed by atoms with Crippen LogP contribution in [0.1, 0.15) is 25.0 Å². The number of ether oxygens (including phenoxy) is 1. The number of benzene rings is 2. The molecule has 0 aliphatic carbocycles. The molecule has 0 N–H and O–H groups in total. The van der Waals surface area contributed by atoms with E-state index in [2.05, 4.69) is 19.1 Å². The quantitative estimate of drug-likeness (QED) is 0.598. The second-order valence-electron chi connectivity index (χ2n) is 5.03. The fourth-order valence-corrected chi connectivity index (χ4v) is 3.23. The highest BCUT2D eigenvalue weighted by atomic mass is 32.2. The molecule has 2 rings (SSSR count). The number of hydrogen-bond acceptors (Lipinski definition) is 3. The van der Waals surface area contributed by atoms with Crippen LogP contribution in [0.5, 0.6) is 0 Å². The monoisotopic (exact) mass is 300 g/mol. The zero-order valence-electron chi connectivity index (χ0n) is 12.6. The molecule has 0 saturated heterocycles. The van der Waals surface area contributed by atoms with Gasteiger partial charge in [-0.3, -0.25) is 4.79 Å². The van der Waals surface area contributed by atoms with E-state index in [1.165, 1.54) is 17.3 Å². The summed E-state index contributed by atoms with van der Waals surface area (Å²) in [5, 5.41) is 0. The minimum Gasteiger partial charge on any atom is -0.465 e. The summed E-state index contributed by atoms with van der Waals surface area (Å²) in [6.07, 6.45) is 0. The van der Waals surface area contributed by atoms with Crippen molar-refractivity contribution >= 4 is 17.7 Å². The van der Waals surface area contributed by atoms with E-state index in [1.807, 2.05) is 56.3 Å². The van der Waals surface area contributed by atoms with Crippen LogP contribution in [0, 0.1) is 6.92 Å². The molecular formula is C18H20O2S. The molecule has 2 aromatic carbocycles. The molecule has 0 aliphatic heterocycles. The lowest BCUT2D eigenvalue weighted by Gasteiger charge is -2.27. The summed E-state index contributed by atoms with van der Waals surface area (Å²) in [6, 6.07) is 18.0. The average Bonchev–Trinajstić information content (AvgIpc) is 2.50. The third kappa shape index (κ3) is 3.67. The zero-order chi connectivity index (χ0) is 15.3. The molecule has 2 nitrogen and oxygen atoms in total. The number of rotatable bonds is 5. The first-order valence-corrected chi connectivity index (χ1v) is 7.86. The molecule has 21 heavy (non-hydrogen) atoms. The number of carbonyl (C=O) groups excluding carboxylic acids is 1. The Kier molecular flexibility index (Phi) is 5.07. The topological polar surface area (TPSA) is 26.3 Å². The van der Waals surface area contributed by atoms with Crippen LogP contribution >= 0.6 is 11.8 Å². The lowest BCUT2D eigenvalue weighted by Crippen LogP contribution is -2.31. The van der Waals surface area contributed by atoms with Crippen LogP contribution in [0.25, 0.3) is 0 Å². The summed E-state index contributed by atoms with van der Waals surface area (Å²) >= 11 is 1.53. The van der Waals surface area contributed by atoms with Gasteiger partial charge in [0.2, 0.25) is 0 Å².